The molecule has 0 amide bonds. The highest BCUT2D eigenvalue weighted by atomic mass is 127. The highest BCUT2D eigenvalue weighted by molar-refractivity contribution is 14.1. The van der Waals surface area contributed by atoms with Crippen molar-refractivity contribution >= 4 is 34.0 Å². The average molecular weight is 266 g/mol. The molecule has 0 unspecified atom stereocenters. The Bertz CT molecular complexity index is 303. The zero-order valence-corrected chi connectivity index (χ0v) is 7.50. The number of anilines is 1. The van der Waals surface area contributed by atoms with Crippen LogP contribution >= 0.6 is 22.6 Å². The molecule has 0 heterocycles. The quantitative estimate of drug-likeness (QED) is 0.482. The Morgan fingerprint density at radius 3 is 2.73 bits per heavy atom. The van der Waals surface area contributed by atoms with Crippen molar-refractivity contribution in [1.29, 1.82) is 0 Å². The molecular weight excluding hydrogens is 262 g/mol. The minimum absolute atomic E-state index is 0.0294. The molecule has 0 bridgehead atoms. The summed E-state index contributed by atoms with van der Waals surface area (Å²) in [6.45, 7) is 0. The monoisotopic (exact) mass is 266 g/mol. The Morgan fingerprint density at radius 1 is 1.55 bits per heavy atom. The van der Waals surface area contributed by atoms with Crippen molar-refractivity contribution < 1.29 is 4.39 Å². The van der Waals surface area contributed by atoms with E-state index in [4.69, 9.17) is 5.73 Å². The van der Waals surface area contributed by atoms with Crippen molar-refractivity contribution in [1.82, 2.24) is 0 Å². The zero-order valence-electron chi connectivity index (χ0n) is 5.34. The van der Waals surface area contributed by atoms with Crippen LogP contribution in [0.1, 0.15) is 0 Å². The minimum atomic E-state index is -0.581. The minimum Gasteiger partial charge on any atom is -0.396 e. The molecule has 0 radical (unpaired) electrons. The first-order valence-corrected chi connectivity index (χ1v) is 3.81. The number of nitroso groups, excluding NO2 is 1. The molecule has 1 aromatic carbocycles. The summed E-state index contributed by atoms with van der Waals surface area (Å²) in [6.07, 6.45) is 0. The van der Waals surface area contributed by atoms with Gasteiger partial charge in [0.05, 0.1) is 9.26 Å². The van der Waals surface area contributed by atoms with Crippen molar-refractivity contribution in [2.24, 2.45) is 5.18 Å². The first-order chi connectivity index (χ1) is 5.16. The summed E-state index contributed by atoms with van der Waals surface area (Å²) in [6, 6.07) is 2.70. The highest BCUT2D eigenvalue weighted by Crippen LogP contribution is 2.27. The van der Waals surface area contributed by atoms with Gasteiger partial charge in [0.25, 0.3) is 0 Å². The highest BCUT2D eigenvalue weighted by Gasteiger charge is 2.08. The van der Waals surface area contributed by atoms with E-state index in [0.717, 1.165) is 0 Å². The van der Waals surface area contributed by atoms with E-state index in [1.165, 1.54) is 12.1 Å². The van der Waals surface area contributed by atoms with Gasteiger partial charge in [-0.3, -0.25) is 0 Å². The van der Waals surface area contributed by atoms with E-state index in [1.54, 1.807) is 22.6 Å². The Hall–Kier alpha value is -0.720. The maximum atomic E-state index is 12.8. The topological polar surface area (TPSA) is 55.4 Å². The number of rotatable bonds is 1. The molecule has 1 aromatic rings. The van der Waals surface area contributed by atoms with E-state index in [9.17, 15) is 9.30 Å². The van der Waals surface area contributed by atoms with Gasteiger partial charge in [-0.25, -0.2) is 4.39 Å². The van der Waals surface area contributed by atoms with Crippen molar-refractivity contribution in [2.75, 3.05) is 5.73 Å². The van der Waals surface area contributed by atoms with E-state index >= 15 is 0 Å². The third-order valence-electron chi connectivity index (χ3n) is 1.19. The largest absolute Gasteiger partial charge is 0.396 e. The predicted molar refractivity (Wildman–Crippen MR) is 49.0 cm³/mol. The fourth-order valence-electron chi connectivity index (χ4n) is 0.625. The fraction of sp³-hybridized carbons (Fsp3) is 0. The first-order valence-electron chi connectivity index (χ1n) is 2.73. The molecule has 0 aliphatic heterocycles. The van der Waals surface area contributed by atoms with Gasteiger partial charge >= 0.3 is 0 Å². The van der Waals surface area contributed by atoms with Gasteiger partial charge in [0.1, 0.15) is 5.69 Å². The molecule has 0 saturated heterocycles. The molecular formula is C6H4FIN2O. The van der Waals surface area contributed by atoms with E-state index in [-0.39, 0.29) is 14.9 Å². The molecule has 0 aromatic heterocycles. The molecule has 1 rings (SSSR count). The molecule has 2 N–H and O–H groups in total. The molecule has 0 aliphatic carbocycles. The second-order valence-corrected chi connectivity index (χ2v) is 2.97. The van der Waals surface area contributed by atoms with Crippen molar-refractivity contribution in [2.45, 2.75) is 0 Å². The van der Waals surface area contributed by atoms with E-state index in [0.29, 0.717) is 0 Å². The number of benzene rings is 1. The van der Waals surface area contributed by atoms with Crippen LogP contribution in [0.5, 0.6) is 0 Å². The summed E-state index contributed by atoms with van der Waals surface area (Å²) in [5.74, 6) is -0.581. The van der Waals surface area contributed by atoms with E-state index < -0.39 is 5.82 Å². The number of nitrogens with two attached hydrogens (primary N) is 1. The standard InChI is InChI=1S/C6H4FIN2O/c7-5-3(9)1-2-4(10-11)6(5)8/h1-2H,9H2. The van der Waals surface area contributed by atoms with Crippen LogP contribution in [0, 0.1) is 14.3 Å². The van der Waals surface area contributed by atoms with Gasteiger partial charge in [0.15, 0.2) is 5.82 Å². The number of hydrogen-bond donors (Lipinski definition) is 1. The van der Waals surface area contributed by atoms with Crippen molar-refractivity contribution in [3.63, 3.8) is 0 Å². The van der Waals surface area contributed by atoms with Gasteiger partial charge in [0.2, 0.25) is 0 Å². The van der Waals surface area contributed by atoms with Crippen LogP contribution < -0.4 is 5.73 Å². The Kier molecular flexibility index (Phi) is 2.38. The number of halogens is 2. The first kappa shape index (κ1) is 8.38. The Balaban J connectivity index is 3.36. The lowest BCUT2D eigenvalue weighted by Crippen LogP contribution is -1.92. The SMILES string of the molecule is Nc1ccc(N=O)c(I)c1F. The summed E-state index contributed by atoms with van der Waals surface area (Å²) < 4.78 is 13.0. The summed E-state index contributed by atoms with van der Waals surface area (Å²) >= 11 is 1.68. The van der Waals surface area contributed by atoms with Crippen LogP contribution in [-0.2, 0) is 0 Å². The molecule has 11 heavy (non-hydrogen) atoms. The maximum Gasteiger partial charge on any atom is 0.161 e. The second-order valence-electron chi connectivity index (χ2n) is 1.89. The van der Waals surface area contributed by atoms with Gasteiger partial charge in [-0.05, 0) is 39.9 Å². The second kappa shape index (κ2) is 3.12. The maximum absolute atomic E-state index is 12.8. The molecule has 0 fully saturated rings. The molecule has 0 spiro atoms. The molecule has 5 heteroatoms. The third kappa shape index (κ3) is 1.47. The Morgan fingerprint density at radius 2 is 2.18 bits per heavy atom. The molecule has 0 saturated carbocycles. The third-order valence-corrected chi connectivity index (χ3v) is 2.22. The van der Waals surface area contributed by atoms with Crippen LogP contribution in [0.4, 0.5) is 15.8 Å². The summed E-state index contributed by atoms with van der Waals surface area (Å²) in [7, 11) is 0. The summed E-state index contributed by atoms with van der Waals surface area (Å²) in [5, 5.41) is 2.62. The number of nitrogens with zero attached hydrogens (tertiary/aromatic N) is 1. The summed E-state index contributed by atoms with van der Waals surface area (Å²) in [4.78, 5) is 10.0. The van der Waals surface area contributed by atoms with Gasteiger partial charge in [-0.15, -0.1) is 4.91 Å². The molecule has 0 aliphatic rings. The van der Waals surface area contributed by atoms with E-state index in [1.807, 2.05) is 0 Å². The average Bonchev–Trinajstić information content (AvgIpc) is 2.01. The fourth-order valence-corrected chi connectivity index (χ4v) is 1.21. The molecule has 58 valence electrons. The summed E-state index contributed by atoms with van der Waals surface area (Å²) in [5.41, 5.74) is 5.33. The Labute approximate surface area is 75.9 Å². The number of hydrogen-bond acceptors (Lipinski definition) is 3. The van der Waals surface area contributed by atoms with Crippen molar-refractivity contribution in [3.05, 3.63) is 26.4 Å². The number of nitrogen functional groups attached to an aromatic ring is 1. The van der Waals surface area contributed by atoms with Gasteiger partial charge < -0.3 is 5.73 Å². The lowest BCUT2D eigenvalue weighted by molar-refractivity contribution is 0.625. The van der Waals surface area contributed by atoms with Crippen LogP contribution in [0.25, 0.3) is 0 Å². The zero-order chi connectivity index (χ0) is 8.43. The van der Waals surface area contributed by atoms with Gasteiger partial charge in [-0.2, -0.15) is 0 Å². The van der Waals surface area contributed by atoms with Crippen LogP contribution in [0.15, 0.2) is 17.3 Å². The van der Waals surface area contributed by atoms with E-state index in [2.05, 4.69) is 5.18 Å². The molecule has 0 atom stereocenters. The molecule has 3 nitrogen and oxygen atoms in total. The van der Waals surface area contributed by atoms with Crippen LogP contribution in [0.3, 0.4) is 0 Å². The predicted octanol–water partition coefficient (Wildman–Crippen LogP) is 2.41. The van der Waals surface area contributed by atoms with Gasteiger partial charge in [0, 0.05) is 0 Å². The van der Waals surface area contributed by atoms with Gasteiger partial charge in [-0.1, -0.05) is 0 Å². The lowest BCUT2D eigenvalue weighted by atomic mass is 10.3. The lowest BCUT2D eigenvalue weighted by Gasteiger charge is -1.99. The smallest absolute Gasteiger partial charge is 0.161 e. The van der Waals surface area contributed by atoms with Crippen LogP contribution in [0.2, 0.25) is 0 Å². The van der Waals surface area contributed by atoms with Crippen molar-refractivity contribution in [3.8, 4) is 0 Å². The normalized spacial score (nSPS) is 9.64. The van der Waals surface area contributed by atoms with Crippen LogP contribution in [-0.4, -0.2) is 0 Å².